The molecule has 1 nitrogen and oxygen atoms in total. The van der Waals surface area contributed by atoms with Crippen molar-refractivity contribution in [3.63, 3.8) is 0 Å². The zero-order chi connectivity index (χ0) is 12.8. The standard InChI is InChI=1S/C13H16ClFOS/c1-9(2)7-17-8-11(16)6-10-4-3-5-12(15)13(10)14/h3-5,9H,6-8H2,1-2H3. The van der Waals surface area contributed by atoms with E-state index in [9.17, 15) is 9.18 Å². The number of halogens is 2. The number of Topliss-reactive ketones (excluding diaryl/α,β-unsaturated/α-hetero) is 1. The van der Waals surface area contributed by atoms with Crippen molar-refractivity contribution in [2.24, 2.45) is 5.92 Å². The Balaban J connectivity index is 2.48. The summed E-state index contributed by atoms with van der Waals surface area (Å²) in [4.78, 5) is 11.7. The molecule has 0 amide bonds. The van der Waals surface area contributed by atoms with Crippen LogP contribution >= 0.6 is 23.4 Å². The van der Waals surface area contributed by atoms with Crippen LogP contribution in [0.1, 0.15) is 19.4 Å². The summed E-state index contributed by atoms with van der Waals surface area (Å²) in [5.41, 5.74) is 0.571. The number of benzene rings is 1. The molecule has 0 aliphatic carbocycles. The van der Waals surface area contributed by atoms with Gasteiger partial charge in [-0.15, -0.1) is 0 Å². The predicted molar refractivity (Wildman–Crippen MR) is 72.3 cm³/mol. The average molecular weight is 275 g/mol. The number of hydrogen-bond donors (Lipinski definition) is 0. The van der Waals surface area contributed by atoms with Gasteiger partial charge in [0.2, 0.25) is 0 Å². The van der Waals surface area contributed by atoms with Gasteiger partial charge >= 0.3 is 0 Å². The molecule has 4 heteroatoms. The minimum Gasteiger partial charge on any atom is -0.298 e. The first-order valence-electron chi connectivity index (χ1n) is 5.53. The predicted octanol–water partition coefficient (Wildman–Crippen LogP) is 3.98. The molecule has 0 heterocycles. The summed E-state index contributed by atoms with van der Waals surface area (Å²) in [6.07, 6.45) is 0.210. The van der Waals surface area contributed by atoms with Gasteiger partial charge in [-0.3, -0.25) is 4.79 Å². The maximum atomic E-state index is 13.1. The quantitative estimate of drug-likeness (QED) is 0.780. The van der Waals surface area contributed by atoms with Gasteiger partial charge < -0.3 is 0 Å². The van der Waals surface area contributed by atoms with Gasteiger partial charge in [-0.2, -0.15) is 11.8 Å². The number of hydrogen-bond acceptors (Lipinski definition) is 2. The third-order valence-corrected chi connectivity index (χ3v) is 3.99. The lowest BCUT2D eigenvalue weighted by Gasteiger charge is -2.06. The summed E-state index contributed by atoms with van der Waals surface area (Å²) in [5.74, 6) is 1.62. The fourth-order valence-electron chi connectivity index (χ4n) is 1.36. The highest BCUT2D eigenvalue weighted by Crippen LogP contribution is 2.20. The molecule has 0 radical (unpaired) electrons. The summed E-state index contributed by atoms with van der Waals surface area (Å²) in [7, 11) is 0. The van der Waals surface area contributed by atoms with Gasteiger partial charge in [0.05, 0.1) is 10.8 Å². The summed E-state index contributed by atoms with van der Waals surface area (Å²) < 4.78 is 13.1. The molecule has 0 aliphatic heterocycles. The molecule has 17 heavy (non-hydrogen) atoms. The van der Waals surface area contributed by atoms with Crippen LogP contribution in [0.15, 0.2) is 18.2 Å². The molecule has 1 aromatic rings. The van der Waals surface area contributed by atoms with E-state index in [0.29, 0.717) is 17.2 Å². The van der Waals surface area contributed by atoms with Crippen LogP contribution < -0.4 is 0 Å². The Morgan fingerprint density at radius 1 is 1.47 bits per heavy atom. The highest BCUT2D eigenvalue weighted by molar-refractivity contribution is 7.99. The van der Waals surface area contributed by atoms with Crippen LogP contribution in [0, 0.1) is 11.7 Å². The average Bonchev–Trinajstić information content (AvgIpc) is 2.24. The van der Waals surface area contributed by atoms with E-state index in [1.807, 2.05) is 0 Å². The molecular weight excluding hydrogens is 259 g/mol. The molecule has 0 saturated heterocycles. The molecule has 0 aliphatic rings. The summed E-state index contributed by atoms with van der Waals surface area (Å²) >= 11 is 7.40. The summed E-state index contributed by atoms with van der Waals surface area (Å²) in [6.45, 7) is 4.22. The van der Waals surface area contributed by atoms with Gasteiger partial charge in [0.25, 0.3) is 0 Å². The van der Waals surface area contributed by atoms with E-state index in [0.717, 1.165) is 5.75 Å². The highest BCUT2D eigenvalue weighted by atomic mass is 35.5. The zero-order valence-corrected chi connectivity index (χ0v) is 11.6. The lowest BCUT2D eigenvalue weighted by molar-refractivity contribution is -0.116. The molecule has 1 rings (SSSR count). The van der Waals surface area contributed by atoms with Gasteiger partial charge in [0.15, 0.2) is 0 Å². The van der Waals surface area contributed by atoms with Crippen molar-refractivity contribution in [2.45, 2.75) is 20.3 Å². The van der Waals surface area contributed by atoms with Crippen molar-refractivity contribution in [3.05, 3.63) is 34.6 Å². The largest absolute Gasteiger partial charge is 0.298 e. The van der Waals surface area contributed by atoms with Gasteiger partial charge in [-0.1, -0.05) is 37.6 Å². The van der Waals surface area contributed by atoms with Gasteiger partial charge in [0, 0.05) is 6.42 Å². The minimum absolute atomic E-state index is 0.0645. The number of carbonyl (C=O) groups is 1. The Labute approximate surface area is 111 Å². The molecule has 94 valence electrons. The van der Waals surface area contributed by atoms with Crippen molar-refractivity contribution in [2.75, 3.05) is 11.5 Å². The van der Waals surface area contributed by atoms with Crippen LogP contribution in [-0.2, 0) is 11.2 Å². The first-order chi connectivity index (χ1) is 8.00. The van der Waals surface area contributed by atoms with E-state index in [2.05, 4.69) is 13.8 Å². The Bertz CT molecular complexity index is 393. The normalized spacial score (nSPS) is 10.9. The highest BCUT2D eigenvalue weighted by Gasteiger charge is 2.10. The van der Waals surface area contributed by atoms with Gasteiger partial charge in [-0.25, -0.2) is 4.39 Å². The second-order valence-corrected chi connectivity index (χ2v) is 5.75. The summed E-state index contributed by atoms with van der Waals surface area (Å²) in [5, 5.41) is 0.0645. The Morgan fingerprint density at radius 3 is 2.82 bits per heavy atom. The van der Waals surface area contributed by atoms with E-state index in [4.69, 9.17) is 11.6 Å². The second kappa shape index (κ2) is 7.02. The van der Waals surface area contributed by atoms with Crippen LogP contribution in [0.4, 0.5) is 4.39 Å². The van der Waals surface area contributed by atoms with Crippen molar-refractivity contribution >= 4 is 29.1 Å². The van der Waals surface area contributed by atoms with Crippen LogP contribution in [0.3, 0.4) is 0 Å². The molecule has 0 bridgehead atoms. The molecular formula is C13H16ClFOS. The van der Waals surface area contributed by atoms with Crippen molar-refractivity contribution < 1.29 is 9.18 Å². The van der Waals surface area contributed by atoms with E-state index < -0.39 is 5.82 Å². The van der Waals surface area contributed by atoms with Crippen LogP contribution in [0.5, 0.6) is 0 Å². The third kappa shape index (κ3) is 5.09. The van der Waals surface area contributed by atoms with Crippen LogP contribution in [0.25, 0.3) is 0 Å². The molecule has 0 spiro atoms. The molecule has 1 aromatic carbocycles. The molecule has 0 N–H and O–H groups in total. The van der Waals surface area contributed by atoms with Crippen LogP contribution in [-0.4, -0.2) is 17.3 Å². The number of rotatable bonds is 6. The topological polar surface area (TPSA) is 17.1 Å². The Morgan fingerprint density at radius 2 is 2.18 bits per heavy atom. The Hall–Kier alpha value is -0.540. The monoisotopic (exact) mass is 274 g/mol. The maximum absolute atomic E-state index is 13.1. The molecule has 0 aromatic heterocycles. The lowest BCUT2D eigenvalue weighted by Crippen LogP contribution is -2.08. The summed E-state index contributed by atoms with van der Waals surface area (Å²) in [6, 6.07) is 4.56. The number of ketones is 1. The van der Waals surface area contributed by atoms with Crippen molar-refractivity contribution in [1.82, 2.24) is 0 Å². The fourth-order valence-corrected chi connectivity index (χ4v) is 2.47. The van der Waals surface area contributed by atoms with Gasteiger partial charge in [0.1, 0.15) is 11.6 Å². The molecule has 0 atom stereocenters. The zero-order valence-electron chi connectivity index (χ0n) is 10.0. The first-order valence-corrected chi connectivity index (χ1v) is 7.06. The van der Waals surface area contributed by atoms with E-state index in [-0.39, 0.29) is 17.2 Å². The Kier molecular flexibility index (Phi) is 6.00. The smallest absolute Gasteiger partial charge is 0.147 e. The SMILES string of the molecule is CC(C)CSCC(=O)Cc1cccc(F)c1Cl. The minimum atomic E-state index is -0.466. The molecule has 0 unspecified atom stereocenters. The van der Waals surface area contributed by atoms with Gasteiger partial charge in [-0.05, 0) is 23.3 Å². The number of thioether (sulfide) groups is 1. The number of carbonyl (C=O) groups excluding carboxylic acids is 1. The van der Waals surface area contributed by atoms with Crippen molar-refractivity contribution in [3.8, 4) is 0 Å². The molecule has 0 fully saturated rings. The third-order valence-electron chi connectivity index (χ3n) is 2.13. The van der Waals surface area contributed by atoms with Crippen LogP contribution in [0.2, 0.25) is 5.02 Å². The lowest BCUT2D eigenvalue weighted by atomic mass is 10.1. The van der Waals surface area contributed by atoms with Crippen molar-refractivity contribution in [1.29, 1.82) is 0 Å². The van der Waals surface area contributed by atoms with E-state index in [1.165, 1.54) is 6.07 Å². The molecule has 0 saturated carbocycles. The first kappa shape index (κ1) is 14.5. The fraction of sp³-hybridized carbons (Fsp3) is 0.462. The second-order valence-electron chi connectivity index (χ2n) is 4.34. The van der Waals surface area contributed by atoms with E-state index in [1.54, 1.807) is 23.9 Å². The van der Waals surface area contributed by atoms with E-state index >= 15 is 0 Å². The maximum Gasteiger partial charge on any atom is 0.147 e.